The van der Waals surface area contributed by atoms with Crippen molar-refractivity contribution in [3.8, 4) is 0 Å². The van der Waals surface area contributed by atoms with Crippen LogP contribution in [0.1, 0.15) is 183 Å². The number of unbranched alkanes of at least 4 members (excludes halogenated alkanes) is 1. The summed E-state index contributed by atoms with van der Waals surface area (Å²) >= 11 is 0. The van der Waals surface area contributed by atoms with Crippen molar-refractivity contribution < 1.29 is 14.6 Å². The first-order valence-corrected chi connectivity index (χ1v) is 26.0. The predicted octanol–water partition coefficient (Wildman–Crippen LogP) is 14.2. The minimum absolute atomic E-state index is 0.144. The molecule has 0 aliphatic heterocycles. The lowest BCUT2D eigenvalue weighted by molar-refractivity contribution is -0.000701. The van der Waals surface area contributed by atoms with Crippen LogP contribution in [-0.4, -0.2) is 43.2 Å². The van der Waals surface area contributed by atoms with Gasteiger partial charge in [-0.3, -0.25) is 0 Å². The fourth-order valence-electron chi connectivity index (χ4n) is 14.9. The molecule has 4 nitrogen and oxygen atoms in total. The largest absolute Gasteiger partial charge is 0.387 e. The van der Waals surface area contributed by atoms with Crippen LogP contribution in [0.15, 0.2) is 70.9 Å². The van der Waals surface area contributed by atoms with Gasteiger partial charge in [0, 0.05) is 12.5 Å². The zero-order valence-electron chi connectivity index (χ0n) is 40.3. The van der Waals surface area contributed by atoms with Gasteiger partial charge in [-0.05, 0) is 192 Å². The van der Waals surface area contributed by atoms with Gasteiger partial charge in [-0.2, -0.15) is 0 Å². The smallest absolute Gasteiger partial charge is 0.0952 e. The van der Waals surface area contributed by atoms with E-state index in [4.69, 9.17) is 15.2 Å². The Morgan fingerprint density at radius 1 is 0.885 bits per heavy atom. The summed E-state index contributed by atoms with van der Waals surface area (Å²) in [5.74, 6) is 6.22. The number of nitrogens with two attached hydrogens (primary N) is 1. The van der Waals surface area contributed by atoms with Crippen LogP contribution in [0.4, 0.5) is 0 Å². The molecule has 61 heavy (non-hydrogen) atoms. The lowest BCUT2D eigenvalue weighted by Gasteiger charge is -2.50. The standard InChI is InChI=1S/C57H91NO3/c1-9-47(59)38-61-40(4)17-15-31-57(30-14-16-39(2)3)53-36-45(55(5,6)43-20-25-48(26-21-43)60-33-13-12-32-58)23-28-51(53)52-29-24-46(37-54(52)57)56(7,8)44-22-27-50-42(35-44)34-41-18-10-11-19-49(41)50/h9,18,20-21,24-25,39-40,44-45,47-49,51-54,59H,1,10-17,19,22-23,26-38,58H2,2-8H3. The number of allylic oxidation sites excluding steroid dienone is 8. The highest BCUT2D eigenvalue weighted by atomic mass is 16.5. The van der Waals surface area contributed by atoms with Crippen molar-refractivity contribution in [3.05, 3.63) is 70.9 Å². The second kappa shape index (κ2) is 20.6. The molecule has 342 valence electrons. The van der Waals surface area contributed by atoms with E-state index >= 15 is 0 Å². The summed E-state index contributed by atoms with van der Waals surface area (Å²) < 4.78 is 12.5. The van der Waals surface area contributed by atoms with Crippen molar-refractivity contribution >= 4 is 0 Å². The van der Waals surface area contributed by atoms with Gasteiger partial charge in [0.15, 0.2) is 0 Å². The van der Waals surface area contributed by atoms with Gasteiger partial charge in [0.05, 0.1) is 24.9 Å². The minimum Gasteiger partial charge on any atom is -0.387 e. The number of hydrogen-bond donors (Lipinski definition) is 2. The van der Waals surface area contributed by atoms with Crippen molar-refractivity contribution in [1.82, 2.24) is 0 Å². The Balaban J connectivity index is 1.14. The Hall–Kier alpha value is -1.72. The van der Waals surface area contributed by atoms with Gasteiger partial charge in [0.2, 0.25) is 0 Å². The third-order valence-corrected chi connectivity index (χ3v) is 18.7. The van der Waals surface area contributed by atoms with Crippen LogP contribution < -0.4 is 5.73 Å². The number of aliphatic hydroxyl groups excluding tert-OH is 1. The van der Waals surface area contributed by atoms with E-state index in [0.29, 0.717) is 17.9 Å². The van der Waals surface area contributed by atoms with E-state index in [9.17, 15) is 5.11 Å². The number of fused-ring (bicyclic) bond motifs is 5. The predicted molar refractivity (Wildman–Crippen MR) is 257 cm³/mol. The number of hydrogen-bond acceptors (Lipinski definition) is 4. The molecule has 7 aliphatic carbocycles. The number of rotatable bonds is 21. The van der Waals surface area contributed by atoms with Crippen molar-refractivity contribution in [2.45, 2.75) is 202 Å². The van der Waals surface area contributed by atoms with Crippen LogP contribution in [0.25, 0.3) is 0 Å². The van der Waals surface area contributed by atoms with Gasteiger partial charge in [0.1, 0.15) is 0 Å². The Morgan fingerprint density at radius 2 is 1.69 bits per heavy atom. The molecule has 11 unspecified atom stereocenters. The third-order valence-electron chi connectivity index (χ3n) is 18.7. The van der Waals surface area contributed by atoms with E-state index in [1.54, 1.807) is 17.2 Å². The maximum atomic E-state index is 10.2. The van der Waals surface area contributed by atoms with Gasteiger partial charge in [-0.25, -0.2) is 0 Å². The maximum absolute atomic E-state index is 10.2. The minimum atomic E-state index is -0.588. The molecule has 2 fully saturated rings. The second-order valence-electron chi connectivity index (χ2n) is 23.2. The molecule has 0 amide bonds. The lowest BCUT2D eigenvalue weighted by atomic mass is 9.55. The van der Waals surface area contributed by atoms with E-state index in [1.165, 1.54) is 109 Å². The summed E-state index contributed by atoms with van der Waals surface area (Å²) in [4.78, 5) is 0. The molecule has 11 atom stereocenters. The molecular weight excluding hydrogens is 747 g/mol. The van der Waals surface area contributed by atoms with Crippen molar-refractivity contribution in [3.63, 3.8) is 0 Å². The summed E-state index contributed by atoms with van der Waals surface area (Å²) in [5.41, 5.74) is 15.4. The summed E-state index contributed by atoms with van der Waals surface area (Å²) in [5, 5.41) is 10.2. The molecule has 0 bridgehead atoms. The maximum Gasteiger partial charge on any atom is 0.0952 e. The molecule has 4 heteroatoms. The Morgan fingerprint density at radius 3 is 2.43 bits per heavy atom. The first-order chi connectivity index (χ1) is 29.3. The Bertz CT molecular complexity index is 1640. The molecule has 0 heterocycles. The average Bonchev–Trinajstić information content (AvgIpc) is 3.76. The first-order valence-electron chi connectivity index (χ1n) is 26.0. The SMILES string of the molecule is C=CC(O)COC(C)CCCC1(CCCC(C)C)C2CC(C(C)(C)C3CCC4=C(CC5=CCCCC54)C3)=CCC2C2CCC(C(C)(C)C3=CCC(OCCCCN)C=C3)CC21. The molecule has 0 aromatic rings. The fourth-order valence-corrected chi connectivity index (χ4v) is 14.9. The highest BCUT2D eigenvalue weighted by Crippen LogP contribution is 2.70. The van der Waals surface area contributed by atoms with Crippen molar-refractivity contribution in [1.29, 1.82) is 0 Å². The Labute approximate surface area is 374 Å². The molecule has 0 spiro atoms. The topological polar surface area (TPSA) is 64.7 Å². The highest BCUT2D eigenvalue weighted by Gasteiger charge is 2.61. The van der Waals surface area contributed by atoms with Crippen LogP contribution >= 0.6 is 0 Å². The van der Waals surface area contributed by atoms with E-state index in [1.807, 2.05) is 16.7 Å². The summed E-state index contributed by atoms with van der Waals surface area (Å²) in [6.07, 6.45) is 41.2. The van der Waals surface area contributed by atoms with Gasteiger partial charge in [-0.15, -0.1) is 6.58 Å². The van der Waals surface area contributed by atoms with Gasteiger partial charge in [-0.1, -0.05) is 120 Å². The molecular formula is C57H91NO3. The molecule has 0 radical (unpaired) electrons. The molecule has 0 aromatic heterocycles. The summed E-state index contributed by atoms with van der Waals surface area (Å²) in [6, 6.07) is 0. The third kappa shape index (κ3) is 10.4. The summed E-state index contributed by atoms with van der Waals surface area (Å²) in [6.45, 7) is 23.3. The van der Waals surface area contributed by atoms with E-state index in [2.05, 4.69) is 85.4 Å². The van der Waals surface area contributed by atoms with E-state index in [0.717, 1.165) is 80.3 Å². The van der Waals surface area contributed by atoms with Crippen LogP contribution in [0.5, 0.6) is 0 Å². The van der Waals surface area contributed by atoms with Crippen molar-refractivity contribution in [2.24, 2.45) is 69.3 Å². The van der Waals surface area contributed by atoms with Crippen molar-refractivity contribution in [2.75, 3.05) is 19.8 Å². The van der Waals surface area contributed by atoms with Crippen LogP contribution in [-0.2, 0) is 9.47 Å². The normalized spacial score (nSPS) is 33.6. The van der Waals surface area contributed by atoms with Gasteiger partial charge < -0.3 is 20.3 Å². The number of ether oxygens (including phenoxy) is 2. The number of aliphatic hydroxyl groups is 1. The summed E-state index contributed by atoms with van der Waals surface area (Å²) in [7, 11) is 0. The highest BCUT2D eigenvalue weighted by molar-refractivity contribution is 5.41. The zero-order valence-corrected chi connectivity index (χ0v) is 40.3. The van der Waals surface area contributed by atoms with E-state index in [-0.39, 0.29) is 23.0 Å². The zero-order chi connectivity index (χ0) is 43.4. The van der Waals surface area contributed by atoms with Crippen LogP contribution in [0.3, 0.4) is 0 Å². The Kier molecular flexibility index (Phi) is 16.0. The molecule has 0 saturated heterocycles. The lowest BCUT2D eigenvalue weighted by Crippen LogP contribution is -2.41. The quantitative estimate of drug-likeness (QED) is 0.0893. The monoisotopic (exact) mass is 838 g/mol. The molecule has 7 rings (SSSR count). The van der Waals surface area contributed by atoms with Crippen LogP contribution in [0, 0.1) is 63.6 Å². The first kappa shape index (κ1) is 47.2. The average molecular weight is 838 g/mol. The van der Waals surface area contributed by atoms with Gasteiger partial charge >= 0.3 is 0 Å². The molecule has 0 aromatic carbocycles. The second-order valence-corrected chi connectivity index (χ2v) is 23.2. The van der Waals surface area contributed by atoms with E-state index < -0.39 is 6.10 Å². The molecule has 3 N–H and O–H groups in total. The molecule has 2 saturated carbocycles. The van der Waals surface area contributed by atoms with Crippen LogP contribution in [0.2, 0.25) is 0 Å². The molecule has 7 aliphatic rings. The fraction of sp³-hybridized carbons (Fsp3) is 0.789. The van der Waals surface area contributed by atoms with Gasteiger partial charge in [0.25, 0.3) is 0 Å².